The van der Waals surface area contributed by atoms with Crippen LogP contribution in [0, 0.1) is 25.7 Å². The number of amides is 3. The zero-order chi connectivity index (χ0) is 38.7. The lowest BCUT2D eigenvalue weighted by molar-refractivity contribution is -0.130. The van der Waals surface area contributed by atoms with E-state index in [1.54, 1.807) is 36.5 Å². The van der Waals surface area contributed by atoms with Crippen LogP contribution in [0.3, 0.4) is 0 Å². The predicted octanol–water partition coefficient (Wildman–Crippen LogP) is 7.83. The molecule has 1 N–H and O–H groups in total. The van der Waals surface area contributed by atoms with Gasteiger partial charge in [0.15, 0.2) is 0 Å². The first-order valence-electron chi connectivity index (χ1n) is 17.1. The van der Waals surface area contributed by atoms with E-state index in [0.717, 1.165) is 22.4 Å². The van der Waals surface area contributed by atoms with Gasteiger partial charge in [-0.25, -0.2) is 14.6 Å². The molecule has 4 heterocycles. The van der Waals surface area contributed by atoms with Gasteiger partial charge in [0.1, 0.15) is 24.0 Å². The Kier molecular flexibility index (Phi) is 12.0. The largest absolute Gasteiger partial charge is 0.445 e. The molecule has 16 heteroatoms. The van der Waals surface area contributed by atoms with Crippen LogP contribution in [0.4, 0.5) is 32.7 Å². The summed E-state index contributed by atoms with van der Waals surface area (Å²) in [6.45, 7) is 3.46. The second-order valence-electron chi connectivity index (χ2n) is 13.4. The minimum atomic E-state index is -1.82. The van der Waals surface area contributed by atoms with E-state index in [1.165, 1.54) is 9.80 Å². The normalized spacial score (nSPS) is 17.0. The number of halogens is 4. The van der Waals surface area contributed by atoms with Crippen LogP contribution in [0.15, 0.2) is 67.0 Å². The Morgan fingerprint density at radius 2 is 1.63 bits per heavy atom. The predicted molar refractivity (Wildman–Crippen MR) is 209 cm³/mol. The molecule has 6 rings (SSSR count). The van der Waals surface area contributed by atoms with Gasteiger partial charge < -0.3 is 15.0 Å². The van der Waals surface area contributed by atoms with Crippen molar-refractivity contribution in [2.45, 2.75) is 43.4 Å². The van der Waals surface area contributed by atoms with Gasteiger partial charge in [-0.05, 0) is 67.3 Å². The molecule has 0 unspecified atom stereocenters. The first-order valence-corrected chi connectivity index (χ1v) is 18.6. The van der Waals surface area contributed by atoms with Crippen LogP contribution in [-0.2, 0) is 33.7 Å². The highest BCUT2D eigenvalue weighted by atomic mass is 35.6. The summed E-state index contributed by atoms with van der Waals surface area (Å²) in [6, 6.07) is 16.1. The number of pyridine rings is 1. The molecule has 0 aliphatic carbocycles. The number of alkyl halides is 3. The van der Waals surface area contributed by atoms with Gasteiger partial charge in [-0.3, -0.25) is 24.4 Å². The lowest BCUT2D eigenvalue weighted by atomic mass is 9.84. The van der Waals surface area contributed by atoms with Crippen molar-refractivity contribution < 1.29 is 23.9 Å². The van der Waals surface area contributed by atoms with Crippen molar-refractivity contribution in [1.29, 1.82) is 0 Å². The Hall–Kier alpha value is -4.49. The second-order valence-corrected chi connectivity index (χ2v) is 16.4. The Morgan fingerprint density at radius 1 is 0.926 bits per heavy atom. The van der Waals surface area contributed by atoms with Gasteiger partial charge in [-0.15, -0.1) is 0 Å². The van der Waals surface area contributed by atoms with Crippen molar-refractivity contribution >= 4 is 93.2 Å². The van der Waals surface area contributed by atoms with Crippen LogP contribution in [-0.4, -0.2) is 74.1 Å². The van der Waals surface area contributed by atoms with E-state index in [4.69, 9.17) is 51.1 Å². The maximum absolute atomic E-state index is 14.0. The zero-order valence-electron chi connectivity index (χ0n) is 29.7. The fourth-order valence-electron chi connectivity index (χ4n) is 6.56. The average Bonchev–Trinajstić information content (AvgIpc) is 3.60. The summed E-state index contributed by atoms with van der Waals surface area (Å²) in [5, 5.41) is 3.71. The molecule has 2 atom stereocenters. The number of fused-ring (bicyclic) bond motifs is 1. The van der Waals surface area contributed by atoms with E-state index < -0.39 is 28.3 Å². The molecule has 2 aliphatic heterocycles. The summed E-state index contributed by atoms with van der Waals surface area (Å²) in [5.41, 5.74) is 5.34. The zero-order valence-corrected chi connectivity index (χ0v) is 32.7. The van der Waals surface area contributed by atoms with E-state index in [2.05, 4.69) is 20.3 Å². The van der Waals surface area contributed by atoms with Crippen molar-refractivity contribution in [3.05, 3.63) is 100.0 Å². The van der Waals surface area contributed by atoms with Crippen LogP contribution < -0.4 is 15.1 Å². The monoisotopic (exact) mass is 811 g/mol. The van der Waals surface area contributed by atoms with Crippen LogP contribution in [0.1, 0.15) is 34.4 Å². The molecule has 2 aromatic heterocycles. The second kappa shape index (κ2) is 16.5. The van der Waals surface area contributed by atoms with Crippen LogP contribution in [0.25, 0.3) is 0 Å². The number of carbonyl (C=O) groups excluding carboxylic acids is 4. The number of aryl methyl sites for hydroxylation is 3. The number of anilines is 4. The van der Waals surface area contributed by atoms with E-state index in [0.29, 0.717) is 40.1 Å². The summed E-state index contributed by atoms with van der Waals surface area (Å²) in [5.74, 6) is -1.13. The smallest absolute Gasteiger partial charge is 0.409 e. The van der Waals surface area contributed by atoms with Gasteiger partial charge in [0.05, 0.1) is 18.4 Å². The number of ketones is 2. The van der Waals surface area contributed by atoms with Crippen molar-refractivity contribution in [3.63, 3.8) is 0 Å². The third-order valence-corrected chi connectivity index (χ3v) is 10.0. The third-order valence-electron chi connectivity index (χ3n) is 9.45. The number of hydrogen-bond acceptors (Lipinski definition) is 9. The van der Waals surface area contributed by atoms with Gasteiger partial charge in [0.2, 0.25) is 9.74 Å². The number of likely N-dealkylation sites (tertiary alicyclic amines) is 1. The number of Topliss-reactive ketones (excluding diaryl/α,β-unsaturated/α-hetero) is 2. The highest BCUT2D eigenvalue weighted by Gasteiger charge is 2.43. The number of benzene rings is 2. The number of rotatable bonds is 11. The Morgan fingerprint density at radius 3 is 2.31 bits per heavy atom. The lowest BCUT2D eigenvalue weighted by Crippen LogP contribution is -2.46. The molecule has 0 radical (unpaired) electrons. The lowest BCUT2D eigenvalue weighted by Gasteiger charge is -2.35. The number of urea groups is 1. The molecular weight excluding hydrogens is 776 g/mol. The molecule has 282 valence electrons. The quantitative estimate of drug-likeness (QED) is 0.150. The molecule has 54 heavy (non-hydrogen) atoms. The number of nitrogens with zero attached hydrogens (tertiary/aromatic N) is 6. The third kappa shape index (κ3) is 9.41. The molecule has 12 nitrogen and oxygen atoms in total. The highest BCUT2D eigenvalue weighted by molar-refractivity contribution is 6.67. The van der Waals surface area contributed by atoms with Gasteiger partial charge in [0.25, 0.3) is 0 Å². The van der Waals surface area contributed by atoms with Gasteiger partial charge in [-0.1, -0.05) is 70.7 Å². The molecular formula is C38H37Cl4N7O5. The van der Waals surface area contributed by atoms with Gasteiger partial charge in [-0.2, -0.15) is 4.98 Å². The topological polar surface area (TPSA) is 138 Å². The summed E-state index contributed by atoms with van der Waals surface area (Å²) in [7, 11) is 1.65. The van der Waals surface area contributed by atoms with Crippen LogP contribution in [0.2, 0.25) is 5.02 Å². The van der Waals surface area contributed by atoms with E-state index in [9.17, 15) is 19.2 Å². The molecule has 4 aromatic rings. The molecule has 1 fully saturated rings. The number of hydrogen-bond donors (Lipinski definition) is 1. The highest BCUT2D eigenvalue weighted by Crippen LogP contribution is 2.34. The van der Waals surface area contributed by atoms with Crippen molar-refractivity contribution in [1.82, 2.24) is 19.9 Å². The molecule has 2 aromatic carbocycles. The van der Waals surface area contributed by atoms with Crippen molar-refractivity contribution in [3.8, 4) is 0 Å². The number of carbonyl (C=O) groups is 4. The maximum Gasteiger partial charge on any atom is 0.409 e. The fourth-order valence-corrected chi connectivity index (χ4v) is 6.85. The number of aromatic nitrogens is 3. The summed E-state index contributed by atoms with van der Waals surface area (Å²) in [6.07, 6.45) is 3.16. The minimum absolute atomic E-state index is 0.0110. The summed E-state index contributed by atoms with van der Waals surface area (Å²) >= 11 is 23.4. The SMILES string of the molecule is Cc1ccc(Nc2ncc3c(n2)N(C)C(=O)N(c2cc(CC(=O)[C@@H]4CN(C(=O)OCC(Cl)(Cl)Cl)C[C@@H]4C(=O)CCc4ccc(Cl)cc4)ccc2C)C3)cn1. The van der Waals surface area contributed by atoms with Crippen molar-refractivity contribution in [2.75, 3.05) is 41.9 Å². The summed E-state index contributed by atoms with van der Waals surface area (Å²) < 4.78 is 3.36. The molecule has 0 bridgehead atoms. The summed E-state index contributed by atoms with van der Waals surface area (Å²) in [4.78, 5) is 72.2. The average molecular weight is 814 g/mol. The van der Waals surface area contributed by atoms with Crippen molar-refractivity contribution in [2.24, 2.45) is 11.8 Å². The Balaban J connectivity index is 1.18. The molecule has 0 saturated carbocycles. The van der Waals surface area contributed by atoms with E-state index in [1.807, 2.05) is 56.3 Å². The maximum atomic E-state index is 14.0. The Labute approximate surface area is 332 Å². The standard InChI is InChI=1S/C38H37Cl4N7O5/c1-22-4-6-25(14-31(22)49-18-26-16-44-35(46-34(26)47(3)36(49)52)45-28-12-5-23(2)43-17-28)15-33(51)30-20-48(37(53)54-21-38(40,41)42)19-29(30)32(50)13-9-24-7-10-27(39)11-8-24/h4-8,10-12,14,16-17,29-30H,9,13,15,18-21H2,1-3H3,(H,44,45,46)/t29-,30+/m0/s1. The van der Waals surface area contributed by atoms with Gasteiger partial charge >= 0.3 is 12.1 Å². The molecule has 3 amide bonds. The number of nitrogens with one attached hydrogen (secondary N) is 1. The molecule has 1 saturated heterocycles. The number of ether oxygens (including phenoxy) is 1. The van der Waals surface area contributed by atoms with Crippen LogP contribution in [0.5, 0.6) is 0 Å². The molecule has 2 aliphatic rings. The minimum Gasteiger partial charge on any atom is -0.445 e. The molecule has 0 spiro atoms. The van der Waals surface area contributed by atoms with Gasteiger partial charge in [0, 0.05) is 73.0 Å². The van der Waals surface area contributed by atoms with E-state index in [-0.39, 0.29) is 50.1 Å². The van der Waals surface area contributed by atoms with E-state index >= 15 is 0 Å². The first kappa shape index (κ1) is 39.2. The Bertz CT molecular complexity index is 2060. The van der Waals surface area contributed by atoms with Crippen LogP contribution >= 0.6 is 46.4 Å². The first-order chi connectivity index (χ1) is 25.6. The fraction of sp³-hybridized carbons (Fsp3) is 0.342.